The molecule has 2 rings (SSSR count). The summed E-state index contributed by atoms with van der Waals surface area (Å²) >= 11 is 0. The first-order chi connectivity index (χ1) is 9.95. The molecule has 0 radical (unpaired) electrons. The van der Waals surface area contributed by atoms with Crippen LogP contribution in [0.2, 0.25) is 0 Å². The van der Waals surface area contributed by atoms with E-state index in [-0.39, 0.29) is 16.9 Å². The lowest BCUT2D eigenvalue weighted by Gasteiger charge is -2.30. The van der Waals surface area contributed by atoms with Gasteiger partial charge in [0.25, 0.3) is 5.69 Å². The molecule has 0 aliphatic heterocycles. The molecule has 21 heavy (non-hydrogen) atoms. The number of hydrogen-bond acceptors (Lipinski definition) is 5. The van der Waals surface area contributed by atoms with Crippen molar-refractivity contribution in [3.63, 3.8) is 0 Å². The summed E-state index contributed by atoms with van der Waals surface area (Å²) < 4.78 is 27.5. The number of nitrogens with two attached hydrogens (primary N) is 1. The first-order valence-corrected chi connectivity index (χ1v) is 8.40. The molecule has 1 fully saturated rings. The minimum absolute atomic E-state index is 0.0799. The molecule has 0 bridgehead atoms. The molecule has 1 aromatic rings. The van der Waals surface area contributed by atoms with Gasteiger partial charge in [0.05, 0.1) is 4.92 Å². The number of benzene rings is 1. The molecule has 1 aromatic carbocycles. The van der Waals surface area contributed by atoms with Gasteiger partial charge in [0.15, 0.2) is 4.90 Å². The average Bonchev–Trinajstić information content (AvgIpc) is 2.47. The van der Waals surface area contributed by atoms with Gasteiger partial charge in [0, 0.05) is 12.1 Å². The summed E-state index contributed by atoms with van der Waals surface area (Å²) in [6.45, 7) is 0.407. The molecular formula is C13H19N3O4S. The zero-order chi connectivity index (χ0) is 15.5. The van der Waals surface area contributed by atoms with Crippen molar-refractivity contribution in [2.24, 2.45) is 11.7 Å². The molecule has 2 atom stereocenters. The highest BCUT2D eigenvalue weighted by molar-refractivity contribution is 7.89. The van der Waals surface area contributed by atoms with Gasteiger partial charge < -0.3 is 5.73 Å². The maximum Gasteiger partial charge on any atom is 0.289 e. The van der Waals surface area contributed by atoms with Crippen molar-refractivity contribution in [1.82, 2.24) is 4.72 Å². The fraction of sp³-hybridized carbons (Fsp3) is 0.538. The summed E-state index contributed by atoms with van der Waals surface area (Å²) in [5.74, 6) is 0.0799. The second-order valence-electron chi connectivity index (χ2n) is 5.23. The van der Waals surface area contributed by atoms with Crippen molar-refractivity contribution in [1.29, 1.82) is 0 Å². The minimum atomic E-state index is -3.93. The van der Waals surface area contributed by atoms with Crippen molar-refractivity contribution >= 4 is 15.7 Å². The van der Waals surface area contributed by atoms with E-state index in [1.54, 1.807) is 0 Å². The summed E-state index contributed by atoms with van der Waals surface area (Å²) in [6.07, 6.45) is 3.55. The van der Waals surface area contributed by atoms with E-state index < -0.39 is 20.6 Å². The third-order valence-electron chi connectivity index (χ3n) is 3.87. The Morgan fingerprint density at radius 2 is 1.95 bits per heavy atom. The Bertz CT molecular complexity index is 618. The van der Waals surface area contributed by atoms with Crippen LogP contribution in [0.25, 0.3) is 0 Å². The van der Waals surface area contributed by atoms with E-state index >= 15 is 0 Å². The Labute approximate surface area is 123 Å². The maximum absolute atomic E-state index is 12.4. The summed E-state index contributed by atoms with van der Waals surface area (Å²) in [5, 5.41) is 11.0. The monoisotopic (exact) mass is 313 g/mol. The largest absolute Gasteiger partial charge is 0.330 e. The van der Waals surface area contributed by atoms with Crippen molar-refractivity contribution in [2.75, 3.05) is 6.54 Å². The van der Waals surface area contributed by atoms with E-state index in [4.69, 9.17) is 5.73 Å². The number of hydrogen-bond donors (Lipinski definition) is 2. The molecule has 0 amide bonds. The number of nitro benzene ring substituents is 1. The molecule has 8 heteroatoms. The number of nitrogens with one attached hydrogen (secondary N) is 1. The van der Waals surface area contributed by atoms with Crippen LogP contribution in [-0.4, -0.2) is 25.9 Å². The highest BCUT2D eigenvalue weighted by Crippen LogP contribution is 2.27. The van der Waals surface area contributed by atoms with E-state index in [0.29, 0.717) is 13.0 Å². The summed E-state index contributed by atoms with van der Waals surface area (Å²) in [5.41, 5.74) is 5.27. The van der Waals surface area contributed by atoms with Crippen LogP contribution < -0.4 is 10.5 Å². The standard InChI is InChI=1S/C13H19N3O4S/c14-9-10-5-1-2-6-11(10)15-21(19,20)13-8-4-3-7-12(13)16(17)18/h3-4,7-8,10-11,15H,1-2,5-6,9,14H2. The van der Waals surface area contributed by atoms with E-state index in [9.17, 15) is 18.5 Å². The van der Waals surface area contributed by atoms with Crippen LogP contribution in [0.4, 0.5) is 5.69 Å². The number of nitro groups is 1. The molecule has 2 unspecified atom stereocenters. The van der Waals surface area contributed by atoms with Crippen molar-refractivity contribution in [3.8, 4) is 0 Å². The normalized spacial score (nSPS) is 22.9. The molecule has 0 heterocycles. The van der Waals surface area contributed by atoms with Crippen molar-refractivity contribution in [3.05, 3.63) is 34.4 Å². The third kappa shape index (κ3) is 3.58. The summed E-state index contributed by atoms with van der Waals surface area (Å²) in [7, 11) is -3.93. The van der Waals surface area contributed by atoms with Crippen LogP contribution in [0, 0.1) is 16.0 Å². The van der Waals surface area contributed by atoms with Gasteiger partial charge in [-0.1, -0.05) is 25.0 Å². The van der Waals surface area contributed by atoms with Crippen LogP contribution >= 0.6 is 0 Å². The third-order valence-corrected chi connectivity index (χ3v) is 5.41. The minimum Gasteiger partial charge on any atom is -0.330 e. The van der Waals surface area contributed by atoms with Crippen molar-refractivity contribution < 1.29 is 13.3 Å². The molecule has 0 saturated heterocycles. The predicted molar refractivity (Wildman–Crippen MR) is 78.2 cm³/mol. The van der Waals surface area contributed by atoms with E-state index in [0.717, 1.165) is 19.3 Å². The van der Waals surface area contributed by atoms with Gasteiger partial charge in [-0.15, -0.1) is 0 Å². The Hall–Kier alpha value is -1.51. The maximum atomic E-state index is 12.4. The fourth-order valence-electron chi connectivity index (χ4n) is 2.74. The smallest absolute Gasteiger partial charge is 0.289 e. The van der Waals surface area contributed by atoms with E-state index in [1.165, 1.54) is 24.3 Å². The van der Waals surface area contributed by atoms with Gasteiger partial charge in [0.1, 0.15) is 0 Å². The Morgan fingerprint density at radius 3 is 2.62 bits per heavy atom. The van der Waals surface area contributed by atoms with Crippen LogP contribution in [-0.2, 0) is 10.0 Å². The fourth-order valence-corrected chi connectivity index (χ4v) is 4.25. The number of rotatable bonds is 5. The van der Waals surface area contributed by atoms with E-state index in [2.05, 4.69) is 4.72 Å². The van der Waals surface area contributed by atoms with Crippen LogP contribution in [0.5, 0.6) is 0 Å². The lowest BCUT2D eigenvalue weighted by Crippen LogP contribution is -2.44. The van der Waals surface area contributed by atoms with Gasteiger partial charge in [0.2, 0.25) is 10.0 Å². The first kappa shape index (κ1) is 15.9. The van der Waals surface area contributed by atoms with Crippen LogP contribution in [0.15, 0.2) is 29.2 Å². The van der Waals surface area contributed by atoms with Gasteiger partial charge in [-0.2, -0.15) is 0 Å². The van der Waals surface area contributed by atoms with Gasteiger partial charge in [-0.05, 0) is 31.4 Å². The molecular weight excluding hydrogens is 294 g/mol. The van der Waals surface area contributed by atoms with Crippen LogP contribution in [0.3, 0.4) is 0 Å². The van der Waals surface area contributed by atoms with Crippen LogP contribution in [0.1, 0.15) is 25.7 Å². The van der Waals surface area contributed by atoms with Gasteiger partial charge >= 0.3 is 0 Å². The lowest BCUT2D eigenvalue weighted by atomic mass is 9.85. The van der Waals surface area contributed by atoms with Crippen molar-refractivity contribution in [2.45, 2.75) is 36.6 Å². The topological polar surface area (TPSA) is 115 Å². The quantitative estimate of drug-likeness (QED) is 0.629. The first-order valence-electron chi connectivity index (χ1n) is 6.91. The Morgan fingerprint density at radius 1 is 1.29 bits per heavy atom. The summed E-state index contributed by atoms with van der Waals surface area (Å²) in [4.78, 5) is 9.99. The predicted octanol–water partition coefficient (Wildman–Crippen LogP) is 1.39. The molecule has 1 saturated carbocycles. The molecule has 1 aliphatic rings. The highest BCUT2D eigenvalue weighted by Gasteiger charge is 2.31. The molecule has 0 spiro atoms. The number of para-hydroxylation sites is 1. The van der Waals surface area contributed by atoms with Gasteiger partial charge in [-0.25, -0.2) is 13.1 Å². The Balaban J connectivity index is 2.28. The molecule has 7 nitrogen and oxygen atoms in total. The molecule has 0 aromatic heterocycles. The zero-order valence-electron chi connectivity index (χ0n) is 11.6. The number of nitrogens with zero attached hydrogens (tertiary/aromatic N) is 1. The SMILES string of the molecule is NCC1CCCCC1NS(=O)(=O)c1ccccc1[N+](=O)[O-]. The second kappa shape index (κ2) is 6.50. The summed E-state index contributed by atoms with van der Waals surface area (Å²) in [6, 6.07) is 5.11. The molecule has 1 aliphatic carbocycles. The molecule has 3 N–H and O–H groups in total. The highest BCUT2D eigenvalue weighted by atomic mass is 32.2. The van der Waals surface area contributed by atoms with E-state index in [1.807, 2.05) is 0 Å². The Kier molecular flexibility index (Phi) is 4.92. The lowest BCUT2D eigenvalue weighted by molar-refractivity contribution is -0.387. The molecule has 116 valence electrons. The average molecular weight is 313 g/mol. The zero-order valence-corrected chi connectivity index (χ0v) is 12.4. The second-order valence-corrected chi connectivity index (χ2v) is 6.92. The number of sulfonamides is 1. The van der Waals surface area contributed by atoms with Gasteiger partial charge in [-0.3, -0.25) is 10.1 Å².